The van der Waals surface area contributed by atoms with Gasteiger partial charge in [-0.15, -0.1) is 0 Å². The fourth-order valence-corrected chi connectivity index (χ4v) is 6.78. The Morgan fingerprint density at radius 2 is 1.62 bits per heavy atom. The second-order valence-corrected chi connectivity index (χ2v) is 12.0. The third kappa shape index (κ3) is 7.08. The summed E-state index contributed by atoms with van der Waals surface area (Å²) in [6.45, 7) is 6.65. The SMILES string of the molecule is CCN(CC)CCN(C(=O)c1ccc(S(=O)(=O)N(CCC#N)CCC#N)cc1)c1nc2c(OC)ccc(Cl)c2s1. The summed E-state index contributed by atoms with van der Waals surface area (Å²) in [6.07, 6.45) is -0.000605. The smallest absolute Gasteiger partial charge is 0.260 e. The van der Waals surface area contributed by atoms with E-state index in [1.807, 2.05) is 26.0 Å². The predicted molar refractivity (Wildman–Crippen MR) is 156 cm³/mol. The molecule has 0 spiro atoms. The van der Waals surface area contributed by atoms with Crippen molar-refractivity contribution in [3.63, 3.8) is 0 Å². The predicted octanol–water partition coefficient (Wildman–Crippen LogP) is 4.76. The molecule has 0 saturated heterocycles. The molecule has 3 aromatic rings. The summed E-state index contributed by atoms with van der Waals surface area (Å²) in [4.78, 5) is 22.2. The quantitative estimate of drug-likeness (QED) is 0.258. The van der Waals surface area contributed by atoms with Crippen LogP contribution in [0, 0.1) is 22.7 Å². The van der Waals surface area contributed by atoms with E-state index in [1.165, 1.54) is 35.6 Å². The fourth-order valence-electron chi connectivity index (χ4n) is 4.06. The number of methoxy groups -OCH3 is 1. The van der Waals surface area contributed by atoms with Crippen LogP contribution < -0.4 is 9.64 Å². The average molecular weight is 603 g/mol. The van der Waals surface area contributed by atoms with E-state index in [9.17, 15) is 13.2 Å². The molecule has 0 aliphatic carbocycles. The molecule has 13 heteroatoms. The van der Waals surface area contributed by atoms with Gasteiger partial charge in [-0.25, -0.2) is 13.4 Å². The zero-order valence-corrected chi connectivity index (χ0v) is 25.0. The van der Waals surface area contributed by atoms with E-state index in [1.54, 1.807) is 24.1 Å². The largest absolute Gasteiger partial charge is 0.494 e. The highest BCUT2D eigenvalue weighted by Crippen LogP contribution is 2.39. The number of ether oxygens (including phenoxy) is 1. The zero-order valence-electron chi connectivity index (χ0n) is 22.6. The number of aromatic nitrogens is 1. The molecule has 0 fully saturated rings. The van der Waals surface area contributed by atoms with Crippen LogP contribution in [0.2, 0.25) is 5.02 Å². The van der Waals surface area contributed by atoms with Gasteiger partial charge in [-0.05, 0) is 49.5 Å². The first-order valence-corrected chi connectivity index (χ1v) is 15.4. The highest BCUT2D eigenvalue weighted by Gasteiger charge is 2.27. The topological polar surface area (TPSA) is 131 Å². The van der Waals surface area contributed by atoms with Crippen molar-refractivity contribution in [2.75, 3.05) is 51.3 Å². The maximum atomic E-state index is 13.8. The van der Waals surface area contributed by atoms with Crippen LogP contribution in [-0.2, 0) is 10.0 Å². The molecule has 0 unspecified atom stereocenters. The van der Waals surface area contributed by atoms with Crippen molar-refractivity contribution in [3.8, 4) is 17.9 Å². The molecule has 0 aliphatic heterocycles. The van der Waals surface area contributed by atoms with Gasteiger partial charge in [-0.2, -0.15) is 14.8 Å². The number of anilines is 1. The lowest BCUT2D eigenvalue weighted by Gasteiger charge is -2.25. The number of carbonyl (C=O) groups excluding carboxylic acids is 1. The molecular formula is C27H31ClN6O4S2. The standard InChI is InChI=1S/C27H31ClN6O4S2/c1-4-32(5-2)18-19-34(27-31-24-23(38-3)13-12-22(28)25(24)39-27)26(35)20-8-10-21(11-9-20)40(36,37)33(16-6-14-29)17-7-15-30/h8-13H,4-7,16-19H2,1-3H3. The molecule has 1 amide bonds. The third-order valence-electron chi connectivity index (χ3n) is 6.36. The van der Waals surface area contributed by atoms with Crippen molar-refractivity contribution in [2.45, 2.75) is 31.6 Å². The van der Waals surface area contributed by atoms with E-state index in [0.717, 1.165) is 17.4 Å². The summed E-state index contributed by atoms with van der Waals surface area (Å²) in [5, 5.41) is 18.8. The van der Waals surface area contributed by atoms with E-state index in [4.69, 9.17) is 31.8 Å². The van der Waals surface area contributed by atoms with Crippen molar-refractivity contribution in [3.05, 3.63) is 47.0 Å². The molecule has 40 heavy (non-hydrogen) atoms. The summed E-state index contributed by atoms with van der Waals surface area (Å²) < 4.78 is 33.6. The van der Waals surface area contributed by atoms with Crippen LogP contribution in [0.1, 0.15) is 37.0 Å². The molecular weight excluding hydrogens is 572 g/mol. The number of amides is 1. The maximum absolute atomic E-state index is 13.8. The highest BCUT2D eigenvalue weighted by atomic mass is 35.5. The van der Waals surface area contributed by atoms with Crippen LogP contribution in [0.3, 0.4) is 0 Å². The van der Waals surface area contributed by atoms with Crippen LogP contribution in [0.25, 0.3) is 10.2 Å². The molecule has 0 N–H and O–H groups in total. The summed E-state index contributed by atoms with van der Waals surface area (Å²) >= 11 is 7.71. The fraction of sp³-hybridized carbons (Fsp3) is 0.407. The molecule has 2 aromatic carbocycles. The number of hydrogen-bond donors (Lipinski definition) is 0. The zero-order chi connectivity index (χ0) is 29.3. The highest BCUT2D eigenvalue weighted by molar-refractivity contribution is 7.89. The number of thiazole rings is 1. The number of likely N-dealkylation sites (N-methyl/N-ethyl adjacent to an activating group) is 1. The van der Waals surface area contributed by atoms with Crippen LogP contribution in [0.4, 0.5) is 5.13 Å². The molecule has 0 saturated carbocycles. The number of halogens is 1. The van der Waals surface area contributed by atoms with Crippen LogP contribution >= 0.6 is 22.9 Å². The van der Waals surface area contributed by atoms with E-state index in [0.29, 0.717) is 39.2 Å². The van der Waals surface area contributed by atoms with Gasteiger partial charge in [0.2, 0.25) is 10.0 Å². The second kappa shape index (κ2) is 14.4. The average Bonchev–Trinajstić information content (AvgIpc) is 3.41. The van der Waals surface area contributed by atoms with Crippen LogP contribution in [0.5, 0.6) is 5.75 Å². The Hall–Kier alpha value is -3.26. The Morgan fingerprint density at radius 1 is 1.00 bits per heavy atom. The van der Waals surface area contributed by atoms with Gasteiger partial charge in [0.25, 0.3) is 5.91 Å². The molecule has 10 nitrogen and oxygen atoms in total. The minimum atomic E-state index is -3.96. The number of hydrogen-bond acceptors (Lipinski definition) is 9. The summed E-state index contributed by atoms with van der Waals surface area (Å²) in [5.74, 6) is 0.209. The number of fused-ring (bicyclic) bond motifs is 1. The van der Waals surface area contributed by atoms with Gasteiger partial charge in [0.05, 0.1) is 33.9 Å². The molecule has 0 aliphatic rings. The number of sulfonamides is 1. The maximum Gasteiger partial charge on any atom is 0.260 e. The Labute approximate surface area is 244 Å². The monoisotopic (exact) mass is 602 g/mol. The van der Waals surface area contributed by atoms with Crippen molar-refractivity contribution in [1.82, 2.24) is 14.2 Å². The molecule has 1 heterocycles. The Balaban J connectivity index is 1.97. The van der Waals surface area contributed by atoms with Crippen molar-refractivity contribution < 1.29 is 17.9 Å². The van der Waals surface area contributed by atoms with Crippen LogP contribution in [-0.4, -0.2) is 74.9 Å². The normalized spacial score (nSPS) is 11.5. The van der Waals surface area contributed by atoms with Crippen LogP contribution in [0.15, 0.2) is 41.3 Å². The number of nitrogens with zero attached hydrogens (tertiary/aromatic N) is 6. The van der Waals surface area contributed by atoms with E-state index in [2.05, 4.69) is 4.90 Å². The van der Waals surface area contributed by atoms with Gasteiger partial charge >= 0.3 is 0 Å². The molecule has 0 bridgehead atoms. The second-order valence-electron chi connectivity index (χ2n) is 8.65. The first-order valence-electron chi connectivity index (χ1n) is 12.7. The summed E-state index contributed by atoms with van der Waals surface area (Å²) in [7, 11) is -2.41. The van der Waals surface area contributed by atoms with Gasteiger partial charge in [0.1, 0.15) is 11.3 Å². The lowest BCUT2D eigenvalue weighted by molar-refractivity contribution is 0.0983. The van der Waals surface area contributed by atoms with E-state index >= 15 is 0 Å². The summed E-state index contributed by atoms with van der Waals surface area (Å²) in [6, 6.07) is 13.0. The Morgan fingerprint density at radius 3 is 2.17 bits per heavy atom. The van der Waals surface area contributed by atoms with Crippen molar-refractivity contribution in [2.24, 2.45) is 0 Å². The first-order chi connectivity index (χ1) is 19.2. The lowest BCUT2D eigenvalue weighted by atomic mass is 10.2. The Kier molecular flexibility index (Phi) is 11.3. The molecule has 0 radical (unpaired) electrons. The minimum absolute atomic E-state index is 0.000303. The molecule has 3 rings (SSSR count). The van der Waals surface area contributed by atoms with Crippen molar-refractivity contribution >= 4 is 54.2 Å². The van der Waals surface area contributed by atoms with Gasteiger partial charge < -0.3 is 9.64 Å². The van der Waals surface area contributed by atoms with Gasteiger partial charge in [-0.3, -0.25) is 9.69 Å². The van der Waals surface area contributed by atoms with Gasteiger partial charge in [-0.1, -0.05) is 36.8 Å². The number of nitriles is 2. The Bertz CT molecular complexity index is 1490. The lowest BCUT2D eigenvalue weighted by Crippen LogP contribution is -2.39. The third-order valence-corrected chi connectivity index (χ3v) is 9.81. The number of carbonyl (C=O) groups is 1. The molecule has 0 atom stereocenters. The van der Waals surface area contributed by atoms with E-state index < -0.39 is 10.0 Å². The number of rotatable bonds is 14. The molecule has 212 valence electrons. The number of benzene rings is 2. The molecule has 1 aromatic heterocycles. The van der Waals surface area contributed by atoms with Crippen molar-refractivity contribution in [1.29, 1.82) is 10.5 Å². The minimum Gasteiger partial charge on any atom is -0.494 e. The van der Waals surface area contributed by atoms with E-state index in [-0.39, 0.29) is 42.3 Å². The summed E-state index contributed by atoms with van der Waals surface area (Å²) in [5.41, 5.74) is 0.850. The van der Waals surface area contributed by atoms with Gasteiger partial charge in [0, 0.05) is 44.6 Å². The van der Waals surface area contributed by atoms with Gasteiger partial charge in [0.15, 0.2) is 5.13 Å². The first kappa shape index (κ1) is 31.3.